The Balaban J connectivity index is 1.59. The molecule has 0 aliphatic carbocycles. The van der Waals surface area contributed by atoms with Crippen LogP contribution in [-0.2, 0) is 16.0 Å². The largest absolute Gasteiger partial charge is 0.490 e. The molecule has 1 aliphatic rings. The molecule has 1 saturated heterocycles. The Hall–Kier alpha value is -2.33. The topological polar surface area (TPSA) is 47.6 Å². The Morgan fingerprint density at radius 3 is 2.23 bits per heavy atom. The predicted molar refractivity (Wildman–Crippen MR) is 103 cm³/mol. The van der Waals surface area contributed by atoms with E-state index in [0.29, 0.717) is 0 Å². The molecule has 0 radical (unpaired) electrons. The van der Waals surface area contributed by atoms with E-state index in [0.717, 1.165) is 38.2 Å². The second kappa shape index (κ2) is 8.86. The molecule has 4 heteroatoms. The van der Waals surface area contributed by atoms with Crippen molar-refractivity contribution in [3.8, 4) is 16.9 Å². The molecular formula is C22H27NO3. The monoisotopic (exact) mass is 353 g/mol. The van der Waals surface area contributed by atoms with Crippen LogP contribution in [-0.4, -0.2) is 31.3 Å². The molecule has 0 spiro atoms. The summed E-state index contributed by atoms with van der Waals surface area (Å²) in [5.41, 5.74) is 3.57. The van der Waals surface area contributed by atoms with Crippen LogP contribution < -0.4 is 10.1 Å². The van der Waals surface area contributed by atoms with Gasteiger partial charge in [0.2, 0.25) is 5.91 Å². The number of rotatable bonds is 6. The van der Waals surface area contributed by atoms with Gasteiger partial charge in [-0.1, -0.05) is 36.4 Å². The van der Waals surface area contributed by atoms with Crippen molar-refractivity contribution in [2.45, 2.75) is 45.3 Å². The number of nitrogens with one attached hydrogen (secondary N) is 1. The molecule has 0 bridgehead atoms. The standard InChI is InChI=1S/C22H27NO3/c1-16(23-17(2)24)15-18-3-5-19(6-4-18)20-7-9-21(10-8-20)26-22-11-13-25-14-12-22/h3-10,16,22H,11-15H2,1-2H3,(H,23,24). The lowest BCUT2D eigenvalue weighted by molar-refractivity contribution is -0.119. The molecule has 26 heavy (non-hydrogen) atoms. The average molecular weight is 353 g/mol. The van der Waals surface area contributed by atoms with Crippen LogP contribution in [0.3, 0.4) is 0 Å². The SMILES string of the molecule is CC(=O)NC(C)Cc1ccc(-c2ccc(OC3CCOCC3)cc2)cc1. The van der Waals surface area contributed by atoms with E-state index in [9.17, 15) is 4.79 Å². The molecule has 1 atom stereocenters. The minimum Gasteiger partial charge on any atom is -0.490 e. The van der Waals surface area contributed by atoms with Crippen molar-refractivity contribution in [3.05, 3.63) is 54.1 Å². The van der Waals surface area contributed by atoms with E-state index in [1.54, 1.807) is 6.92 Å². The third kappa shape index (κ3) is 5.33. The van der Waals surface area contributed by atoms with Gasteiger partial charge in [0.15, 0.2) is 0 Å². The smallest absolute Gasteiger partial charge is 0.217 e. The van der Waals surface area contributed by atoms with Gasteiger partial charge >= 0.3 is 0 Å². The average Bonchev–Trinajstić information content (AvgIpc) is 2.63. The van der Waals surface area contributed by atoms with Gasteiger partial charge < -0.3 is 14.8 Å². The quantitative estimate of drug-likeness (QED) is 0.854. The Morgan fingerprint density at radius 1 is 1.08 bits per heavy atom. The van der Waals surface area contributed by atoms with Gasteiger partial charge in [-0.15, -0.1) is 0 Å². The molecule has 1 unspecified atom stereocenters. The maximum absolute atomic E-state index is 11.1. The van der Waals surface area contributed by atoms with Gasteiger partial charge in [0.1, 0.15) is 11.9 Å². The van der Waals surface area contributed by atoms with Crippen LogP contribution in [0.5, 0.6) is 5.75 Å². The summed E-state index contributed by atoms with van der Waals surface area (Å²) in [5.74, 6) is 0.929. The highest BCUT2D eigenvalue weighted by Gasteiger charge is 2.15. The fourth-order valence-electron chi connectivity index (χ4n) is 3.30. The van der Waals surface area contributed by atoms with E-state index in [2.05, 4.69) is 41.7 Å². The molecule has 1 N–H and O–H groups in total. The second-order valence-electron chi connectivity index (χ2n) is 6.96. The molecule has 2 aromatic rings. The van der Waals surface area contributed by atoms with E-state index in [4.69, 9.17) is 9.47 Å². The summed E-state index contributed by atoms with van der Waals surface area (Å²) in [7, 11) is 0. The van der Waals surface area contributed by atoms with Crippen molar-refractivity contribution in [1.82, 2.24) is 5.32 Å². The molecule has 0 saturated carbocycles. The van der Waals surface area contributed by atoms with Crippen LogP contribution in [0.15, 0.2) is 48.5 Å². The molecule has 3 rings (SSSR count). The lowest BCUT2D eigenvalue weighted by Crippen LogP contribution is -2.31. The first-order valence-electron chi connectivity index (χ1n) is 9.31. The predicted octanol–water partition coefficient (Wildman–Crippen LogP) is 3.98. The lowest BCUT2D eigenvalue weighted by atomic mass is 10.0. The lowest BCUT2D eigenvalue weighted by Gasteiger charge is -2.23. The van der Waals surface area contributed by atoms with E-state index >= 15 is 0 Å². The van der Waals surface area contributed by atoms with E-state index in [1.165, 1.54) is 16.7 Å². The Bertz CT molecular complexity index is 703. The highest BCUT2D eigenvalue weighted by molar-refractivity contribution is 5.73. The zero-order valence-corrected chi connectivity index (χ0v) is 15.5. The number of hydrogen-bond donors (Lipinski definition) is 1. The number of carbonyl (C=O) groups is 1. The normalized spacial score (nSPS) is 16.1. The van der Waals surface area contributed by atoms with Crippen LogP contribution in [0, 0.1) is 0 Å². The molecule has 1 amide bonds. The molecule has 138 valence electrons. The zero-order chi connectivity index (χ0) is 18.4. The zero-order valence-electron chi connectivity index (χ0n) is 15.5. The Morgan fingerprint density at radius 2 is 1.65 bits per heavy atom. The van der Waals surface area contributed by atoms with Crippen molar-refractivity contribution >= 4 is 5.91 Å². The molecule has 1 heterocycles. The van der Waals surface area contributed by atoms with Gasteiger partial charge in [0.25, 0.3) is 0 Å². The summed E-state index contributed by atoms with van der Waals surface area (Å²) >= 11 is 0. The van der Waals surface area contributed by atoms with E-state index < -0.39 is 0 Å². The Labute approximate surface area is 155 Å². The molecule has 1 fully saturated rings. The van der Waals surface area contributed by atoms with Crippen LogP contribution in [0.2, 0.25) is 0 Å². The molecule has 1 aliphatic heterocycles. The van der Waals surface area contributed by atoms with Gasteiger partial charge in [-0.25, -0.2) is 0 Å². The van der Waals surface area contributed by atoms with Gasteiger partial charge in [-0.05, 0) is 42.2 Å². The van der Waals surface area contributed by atoms with Crippen molar-refractivity contribution in [1.29, 1.82) is 0 Å². The first-order chi connectivity index (χ1) is 12.6. The summed E-state index contributed by atoms with van der Waals surface area (Å²) in [5, 5.41) is 2.92. The fourth-order valence-corrected chi connectivity index (χ4v) is 3.30. The maximum atomic E-state index is 11.1. The van der Waals surface area contributed by atoms with Crippen molar-refractivity contribution in [2.75, 3.05) is 13.2 Å². The van der Waals surface area contributed by atoms with Crippen LogP contribution >= 0.6 is 0 Å². The van der Waals surface area contributed by atoms with Crippen LogP contribution in [0.1, 0.15) is 32.3 Å². The van der Waals surface area contributed by atoms with E-state index in [-0.39, 0.29) is 18.1 Å². The van der Waals surface area contributed by atoms with Crippen molar-refractivity contribution in [2.24, 2.45) is 0 Å². The van der Waals surface area contributed by atoms with Gasteiger partial charge in [-0.2, -0.15) is 0 Å². The van der Waals surface area contributed by atoms with Gasteiger partial charge in [0, 0.05) is 25.8 Å². The summed E-state index contributed by atoms with van der Waals surface area (Å²) in [6.07, 6.45) is 3.01. The number of ether oxygens (including phenoxy) is 2. The number of amides is 1. The molecule has 2 aromatic carbocycles. The van der Waals surface area contributed by atoms with Crippen LogP contribution in [0.25, 0.3) is 11.1 Å². The Kier molecular flexibility index (Phi) is 6.29. The highest BCUT2D eigenvalue weighted by Crippen LogP contribution is 2.25. The minimum absolute atomic E-state index is 0.0113. The fraction of sp³-hybridized carbons (Fsp3) is 0.409. The van der Waals surface area contributed by atoms with E-state index in [1.807, 2.05) is 19.1 Å². The maximum Gasteiger partial charge on any atom is 0.217 e. The third-order valence-electron chi connectivity index (χ3n) is 4.60. The number of hydrogen-bond acceptors (Lipinski definition) is 3. The first-order valence-corrected chi connectivity index (χ1v) is 9.31. The first kappa shape index (κ1) is 18.5. The summed E-state index contributed by atoms with van der Waals surface area (Å²) in [6, 6.07) is 16.9. The third-order valence-corrected chi connectivity index (χ3v) is 4.60. The molecule has 4 nitrogen and oxygen atoms in total. The summed E-state index contributed by atoms with van der Waals surface area (Å²) < 4.78 is 11.4. The highest BCUT2D eigenvalue weighted by atomic mass is 16.5. The minimum atomic E-state index is 0.0113. The van der Waals surface area contributed by atoms with Crippen molar-refractivity contribution in [3.63, 3.8) is 0 Å². The van der Waals surface area contributed by atoms with Crippen LogP contribution in [0.4, 0.5) is 0 Å². The summed E-state index contributed by atoms with van der Waals surface area (Å²) in [6.45, 7) is 5.15. The second-order valence-corrected chi connectivity index (χ2v) is 6.96. The van der Waals surface area contributed by atoms with Gasteiger partial charge in [-0.3, -0.25) is 4.79 Å². The van der Waals surface area contributed by atoms with Crippen molar-refractivity contribution < 1.29 is 14.3 Å². The number of benzene rings is 2. The van der Waals surface area contributed by atoms with Gasteiger partial charge in [0.05, 0.1) is 13.2 Å². The summed E-state index contributed by atoms with van der Waals surface area (Å²) in [4.78, 5) is 11.1. The molecule has 0 aromatic heterocycles. The molecular weight excluding hydrogens is 326 g/mol. The number of carbonyl (C=O) groups excluding carboxylic acids is 1.